The predicted molar refractivity (Wildman–Crippen MR) is 114 cm³/mol. The van der Waals surface area contributed by atoms with Gasteiger partial charge in [-0.3, -0.25) is 4.79 Å². The Hall–Kier alpha value is -3.49. The van der Waals surface area contributed by atoms with Crippen LogP contribution in [0, 0.1) is 0 Å². The number of amides is 1. The number of fused-ring (bicyclic) bond motifs is 1. The summed E-state index contributed by atoms with van der Waals surface area (Å²) in [5.74, 6) is 0.211. The Bertz CT molecular complexity index is 1070. The molecule has 2 atom stereocenters. The number of hydrogen-bond acceptors (Lipinski definition) is 4. The molecule has 0 saturated carbocycles. The second-order valence-electron chi connectivity index (χ2n) is 7.61. The number of carbonyl (C=O) groups is 1. The monoisotopic (exact) mass is 444 g/mol. The highest BCUT2D eigenvalue weighted by atomic mass is 19.4. The number of rotatable bonds is 6. The summed E-state index contributed by atoms with van der Waals surface area (Å²) in [5, 5.41) is 9.77. The molecule has 168 valence electrons. The third-order valence-electron chi connectivity index (χ3n) is 5.54. The van der Waals surface area contributed by atoms with Crippen molar-refractivity contribution >= 4 is 11.7 Å². The molecule has 4 rings (SSSR count). The molecule has 0 saturated heterocycles. The minimum absolute atomic E-state index is 0.0663. The SMILES string of the molecule is COc1ccc([C@@H]2C[C@H](C(F)(F)F)n3ncc(C(=O)NCCc4ccccc4)c3N2)cc1. The van der Waals surface area contributed by atoms with E-state index in [-0.39, 0.29) is 17.8 Å². The molecule has 0 unspecified atom stereocenters. The van der Waals surface area contributed by atoms with E-state index in [1.807, 2.05) is 30.3 Å². The Kier molecular flexibility index (Phi) is 6.07. The maximum absolute atomic E-state index is 13.8. The van der Waals surface area contributed by atoms with Gasteiger partial charge >= 0.3 is 6.18 Å². The van der Waals surface area contributed by atoms with Gasteiger partial charge in [-0.1, -0.05) is 42.5 Å². The quantitative estimate of drug-likeness (QED) is 0.587. The van der Waals surface area contributed by atoms with E-state index in [1.54, 1.807) is 24.3 Å². The van der Waals surface area contributed by atoms with Gasteiger partial charge in [0.05, 0.1) is 19.3 Å². The normalized spacial score (nSPS) is 17.9. The van der Waals surface area contributed by atoms with Crippen molar-refractivity contribution in [3.8, 4) is 5.75 Å². The summed E-state index contributed by atoms with van der Waals surface area (Å²) >= 11 is 0. The lowest BCUT2D eigenvalue weighted by atomic mass is 9.96. The first-order valence-corrected chi connectivity index (χ1v) is 10.2. The highest BCUT2D eigenvalue weighted by Gasteiger charge is 2.47. The number of nitrogens with zero attached hydrogens (tertiary/aromatic N) is 2. The van der Waals surface area contributed by atoms with Crippen molar-refractivity contribution < 1.29 is 22.7 Å². The van der Waals surface area contributed by atoms with Crippen molar-refractivity contribution in [3.05, 3.63) is 77.5 Å². The van der Waals surface area contributed by atoms with E-state index in [0.717, 1.165) is 10.2 Å². The number of hydrogen-bond donors (Lipinski definition) is 2. The maximum Gasteiger partial charge on any atom is 0.410 e. The average molecular weight is 444 g/mol. The molecule has 1 aliphatic rings. The van der Waals surface area contributed by atoms with Crippen LogP contribution in [0.2, 0.25) is 0 Å². The molecule has 1 aliphatic heterocycles. The fourth-order valence-electron chi connectivity index (χ4n) is 3.84. The van der Waals surface area contributed by atoms with Gasteiger partial charge in [0.2, 0.25) is 0 Å². The second kappa shape index (κ2) is 8.94. The van der Waals surface area contributed by atoms with Crippen LogP contribution in [0.1, 0.15) is 40.0 Å². The first-order valence-electron chi connectivity index (χ1n) is 10.2. The van der Waals surface area contributed by atoms with Crippen LogP contribution in [0.5, 0.6) is 5.75 Å². The number of carbonyl (C=O) groups excluding carboxylic acids is 1. The van der Waals surface area contributed by atoms with Gasteiger partial charge < -0.3 is 15.4 Å². The predicted octanol–water partition coefficient (Wildman–Crippen LogP) is 4.52. The second-order valence-corrected chi connectivity index (χ2v) is 7.61. The van der Waals surface area contributed by atoms with Gasteiger partial charge in [0.15, 0.2) is 6.04 Å². The molecular formula is C23H23F3N4O2. The van der Waals surface area contributed by atoms with Crippen LogP contribution < -0.4 is 15.4 Å². The molecule has 3 aromatic rings. The first-order chi connectivity index (χ1) is 15.4. The van der Waals surface area contributed by atoms with Crippen LogP contribution >= 0.6 is 0 Å². The van der Waals surface area contributed by atoms with Gasteiger partial charge in [-0.25, -0.2) is 4.68 Å². The number of methoxy groups -OCH3 is 1. The molecule has 6 nitrogen and oxygen atoms in total. The summed E-state index contributed by atoms with van der Waals surface area (Å²) in [6.07, 6.45) is -2.94. The van der Waals surface area contributed by atoms with Crippen molar-refractivity contribution in [2.45, 2.75) is 31.1 Å². The maximum atomic E-state index is 13.8. The average Bonchev–Trinajstić information content (AvgIpc) is 3.22. The molecule has 0 fully saturated rings. The third-order valence-corrected chi connectivity index (χ3v) is 5.54. The van der Waals surface area contributed by atoms with Crippen molar-refractivity contribution in [2.75, 3.05) is 19.0 Å². The van der Waals surface area contributed by atoms with Gasteiger partial charge in [0, 0.05) is 13.0 Å². The minimum atomic E-state index is -4.51. The van der Waals surface area contributed by atoms with Crippen LogP contribution in [0.4, 0.5) is 19.0 Å². The summed E-state index contributed by atoms with van der Waals surface area (Å²) in [6.45, 7) is 0.359. The number of benzene rings is 2. The molecule has 0 aliphatic carbocycles. The lowest BCUT2D eigenvalue weighted by molar-refractivity contribution is -0.173. The van der Waals surface area contributed by atoms with E-state index in [1.165, 1.54) is 13.3 Å². The summed E-state index contributed by atoms with van der Waals surface area (Å²) in [6, 6.07) is 14.0. The fraction of sp³-hybridized carbons (Fsp3) is 0.304. The Balaban J connectivity index is 1.55. The van der Waals surface area contributed by atoms with Crippen LogP contribution in [0.25, 0.3) is 0 Å². The molecule has 0 bridgehead atoms. The lowest BCUT2D eigenvalue weighted by Crippen LogP contribution is -2.36. The highest BCUT2D eigenvalue weighted by Crippen LogP contribution is 2.44. The van der Waals surface area contributed by atoms with E-state index >= 15 is 0 Å². The number of alkyl halides is 3. The molecule has 0 radical (unpaired) electrons. The molecule has 1 amide bonds. The lowest BCUT2D eigenvalue weighted by Gasteiger charge is -2.34. The smallest absolute Gasteiger partial charge is 0.410 e. The summed E-state index contributed by atoms with van der Waals surface area (Å²) in [7, 11) is 1.52. The number of nitrogens with one attached hydrogen (secondary N) is 2. The van der Waals surface area contributed by atoms with Gasteiger partial charge in [0.1, 0.15) is 17.1 Å². The zero-order valence-corrected chi connectivity index (χ0v) is 17.4. The van der Waals surface area contributed by atoms with Gasteiger partial charge in [-0.2, -0.15) is 18.3 Å². The first kappa shape index (κ1) is 21.7. The van der Waals surface area contributed by atoms with E-state index in [9.17, 15) is 18.0 Å². The van der Waals surface area contributed by atoms with E-state index in [2.05, 4.69) is 15.7 Å². The molecule has 2 N–H and O–H groups in total. The van der Waals surface area contributed by atoms with Gasteiger partial charge in [0.25, 0.3) is 5.91 Å². The molecule has 2 aromatic carbocycles. The molecule has 2 heterocycles. The third kappa shape index (κ3) is 4.56. The Labute approximate surface area is 183 Å². The van der Waals surface area contributed by atoms with Gasteiger partial charge in [-0.05, 0) is 29.7 Å². The highest BCUT2D eigenvalue weighted by molar-refractivity contribution is 5.98. The van der Waals surface area contributed by atoms with E-state index in [0.29, 0.717) is 24.3 Å². The van der Waals surface area contributed by atoms with Crippen molar-refractivity contribution in [1.82, 2.24) is 15.1 Å². The molecule has 1 aromatic heterocycles. The molecule has 0 spiro atoms. The van der Waals surface area contributed by atoms with Crippen molar-refractivity contribution in [2.24, 2.45) is 0 Å². The number of ether oxygens (including phenoxy) is 1. The zero-order valence-electron chi connectivity index (χ0n) is 17.4. The van der Waals surface area contributed by atoms with Crippen LogP contribution in [0.15, 0.2) is 60.8 Å². The van der Waals surface area contributed by atoms with Crippen LogP contribution in [-0.2, 0) is 6.42 Å². The Morgan fingerprint density at radius 2 is 1.91 bits per heavy atom. The molecular weight excluding hydrogens is 421 g/mol. The molecule has 9 heteroatoms. The van der Waals surface area contributed by atoms with E-state index < -0.39 is 24.2 Å². The number of anilines is 1. The number of halogens is 3. The summed E-state index contributed by atoms with van der Waals surface area (Å²) in [4.78, 5) is 12.7. The number of aromatic nitrogens is 2. The van der Waals surface area contributed by atoms with E-state index in [4.69, 9.17) is 4.74 Å². The fourth-order valence-corrected chi connectivity index (χ4v) is 3.84. The standard InChI is InChI=1S/C23H23F3N4O2/c1-32-17-9-7-16(8-10-17)19-13-20(23(24,25)26)30-21(29-19)18(14-28-30)22(31)27-12-11-15-5-3-2-4-6-15/h2-10,14,19-20,29H,11-13H2,1H3,(H,27,31)/t19-,20+/m0/s1. The van der Waals surface area contributed by atoms with Crippen molar-refractivity contribution in [1.29, 1.82) is 0 Å². The Morgan fingerprint density at radius 1 is 1.19 bits per heavy atom. The molecule has 32 heavy (non-hydrogen) atoms. The summed E-state index contributed by atoms with van der Waals surface area (Å²) in [5.41, 5.74) is 1.81. The van der Waals surface area contributed by atoms with Crippen LogP contribution in [0.3, 0.4) is 0 Å². The zero-order chi connectivity index (χ0) is 22.7. The van der Waals surface area contributed by atoms with Crippen LogP contribution in [-0.4, -0.2) is 35.5 Å². The minimum Gasteiger partial charge on any atom is -0.497 e. The van der Waals surface area contributed by atoms with Crippen molar-refractivity contribution in [3.63, 3.8) is 0 Å². The van der Waals surface area contributed by atoms with Gasteiger partial charge in [-0.15, -0.1) is 0 Å². The topological polar surface area (TPSA) is 68.2 Å². The largest absolute Gasteiger partial charge is 0.497 e. The Morgan fingerprint density at radius 3 is 2.56 bits per heavy atom. The summed E-state index contributed by atoms with van der Waals surface area (Å²) < 4.78 is 47.5.